The van der Waals surface area contributed by atoms with Crippen molar-refractivity contribution in [2.75, 3.05) is 5.33 Å². The van der Waals surface area contributed by atoms with Crippen molar-refractivity contribution in [2.45, 2.75) is 6.42 Å². The van der Waals surface area contributed by atoms with E-state index in [-0.39, 0.29) is 5.78 Å². The number of ketones is 1. The zero-order valence-electron chi connectivity index (χ0n) is 6.69. The van der Waals surface area contributed by atoms with E-state index in [0.717, 1.165) is 4.47 Å². The lowest BCUT2D eigenvalue weighted by Gasteiger charge is -2.00. The number of hydrogen-bond donors (Lipinski definition) is 0. The quantitative estimate of drug-likeness (QED) is 0.604. The van der Waals surface area contributed by atoms with E-state index in [0.29, 0.717) is 22.3 Å². The molecule has 0 heterocycles. The second-order valence-corrected chi connectivity index (χ2v) is 4.55. The Kier molecular flexibility index (Phi) is 4.42. The molecule has 0 N–H and O–H groups in total. The zero-order chi connectivity index (χ0) is 9.84. The van der Waals surface area contributed by atoms with Gasteiger partial charge < -0.3 is 0 Å². The SMILES string of the molecule is O=C(CCBr)c1ccc(Cl)c(Br)c1. The molecule has 1 nitrogen and oxygen atoms in total. The normalized spacial score (nSPS) is 10.1. The molecule has 0 amide bonds. The molecule has 0 saturated heterocycles. The summed E-state index contributed by atoms with van der Waals surface area (Å²) in [5.41, 5.74) is 0.690. The topological polar surface area (TPSA) is 17.1 Å². The largest absolute Gasteiger partial charge is 0.294 e. The first-order valence-electron chi connectivity index (χ1n) is 3.69. The third-order valence-corrected chi connectivity index (χ3v) is 3.17. The molecule has 0 aliphatic heterocycles. The van der Waals surface area contributed by atoms with Crippen molar-refractivity contribution in [2.24, 2.45) is 0 Å². The predicted molar refractivity (Wildman–Crippen MR) is 61.9 cm³/mol. The third-order valence-electron chi connectivity index (χ3n) is 1.56. The van der Waals surface area contributed by atoms with Crippen LogP contribution in [0.3, 0.4) is 0 Å². The molecule has 0 unspecified atom stereocenters. The van der Waals surface area contributed by atoms with E-state index in [1.807, 2.05) is 0 Å². The van der Waals surface area contributed by atoms with Crippen LogP contribution in [0.5, 0.6) is 0 Å². The van der Waals surface area contributed by atoms with Gasteiger partial charge in [0, 0.05) is 21.8 Å². The predicted octanol–water partition coefficient (Wildman–Crippen LogP) is 4.07. The van der Waals surface area contributed by atoms with E-state index in [1.54, 1.807) is 18.2 Å². The van der Waals surface area contributed by atoms with Crippen LogP contribution in [0.25, 0.3) is 0 Å². The summed E-state index contributed by atoms with van der Waals surface area (Å²) < 4.78 is 0.759. The van der Waals surface area contributed by atoms with Crippen LogP contribution in [0.1, 0.15) is 16.8 Å². The van der Waals surface area contributed by atoms with E-state index >= 15 is 0 Å². The van der Waals surface area contributed by atoms with Gasteiger partial charge in [-0.3, -0.25) is 4.79 Å². The number of carbonyl (C=O) groups excluding carboxylic acids is 1. The summed E-state index contributed by atoms with van der Waals surface area (Å²) in [6, 6.07) is 5.19. The minimum atomic E-state index is 0.120. The fourth-order valence-corrected chi connectivity index (χ4v) is 1.76. The van der Waals surface area contributed by atoms with E-state index < -0.39 is 0 Å². The molecule has 70 valence electrons. The molecule has 0 atom stereocenters. The first-order valence-corrected chi connectivity index (χ1v) is 5.98. The molecule has 0 saturated carbocycles. The van der Waals surface area contributed by atoms with Gasteiger partial charge in [0.25, 0.3) is 0 Å². The van der Waals surface area contributed by atoms with Gasteiger partial charge in [0.2, 0.25) is 0 Å². The first-order chi connectivity index (χ1) is 6.15. The van der Waals surface area contributed by atoms with E-state index in [9.17, 15) is 4.79 Å². The van der Waals surface area contributed by atoms with Crippen LogP contribution in [0.4, 0.5) is 0 Å². The Hall–Kier alpha value is 0.140. The zero-order valence-corrected chi connectivity index (χ0v) is 10.6. The average molecular weight is 326 g/mol. The molecule has 1 aromatic carbocycles. The molecular weight excluding hydrogens is 319 g/mol. The number of alkyl halides is 1. The van der Waals surface area contributed by atoms with Gasteiger partial charge in [-0.25, -0.2) is 0 Å². The van der Waals surface area contributed by atoms with Crippen LogP contribution in [0, 0.1) is 0 Å². The van der Waals surface area contributed by atoms with Crippen LogP contribution in [0.2, 0.25) is 5.02 Å². The van der Waals surface area contributed by atoms with Crippen LogP contribution >= 0.6 is 43.5 Å². The van der Waals surface area contributed by atoms with Gasteiger partial charge >= 0.3 is 0 Å². The summed E-state index contributed by atoms with van der Waals surface area (Å²) in [6.07, 6.45) is 0.508. The molecule has 0 bridgehead atoms. The standard InChI is InChI=1S/C9H7Br2ClO/c10-4-3-9(13)6-1-2-8(12)7(11)5-6/h1-2,5H,3-4H2. The maximum atomic E-state index is 11.4. The smallest absolute Gasteiger partial charge is 0.163 e. The van der Waals surface area contributed by atoms with Crippen molar-refractivity contribution in [3.8, 4) is 0 Å². The third kappa shape index (κ3) is 3.08. The molecule has 13 heavy (non-hydrogen) atoms. The van der Waals surface area contributed by atoms with Crippen LogP contribution in [0.15, 0.2) is 22.7 Å². The highest BCUT2D eigenvalue weighted by Gasteiger charge is 2.06. The summed E-state index contributed by atoms with van der Waals surface area (Å²) in [7, 11) is 0. The maximum absolute atomic E-state index is 11.4. The minimum absolute atomic E-state index is 0.120. The summed E-state index contributed by atoms with van der Waals surface area (Å²) >= 11 is 12.3. The molecule has 0 fully saturated rings. The molecule has 0 aliphatic rings. The van der Waals surface area contributed by atoms with Gasteiger partial charge in [0.1, 0.15) is 0 Å². The van der Waals surface area contributed by atoms with Gasteiger partial charge in [0.05, 0.1) is 5.02 Å². The van der Waals surface area contributed by atoms with Crippen molar-refractivity contribution in [3.63, 3.8) is 0 Å². The Balaban J connectivity index is 2.90. The second kappa shape index (κ2) is 5.13. The van der Waals surface area contributed by atoms with Crippen molar-refractivity contribution in [1.82, 2.24) is 0 Å². The molecule has 0 radical (unpaired) electrons. The highest BCUT2D eigenvalue weighted by atomic mass is 79.9. The van der Waals surface area contributed by atoms with Crippen molar-refractivity contribution >= 4 is 49.2 Å². The molecular formula is C9H7Br2ClO. The van der Waals surface area contributed by atoms with Gasteiger partial charge in [-0.2, -0.15) is 0 Å². The summed E-state index contributed by atoms with van der Waals surface area (Å²) in [4.78, 5) is 11.4. The Labute approximate surface area is 98.7 Å². The van der Waals surface area contributed by atoms with Gasteiger partial charge in [-0.05, 0) is 34.1 Å². The van der Waals surface area contributed by atoms with Gasteiger partial charge in [-0.1, -0.05) is 27.5 Å². The monoisotopic (exact) mass is 324 g/mol. The number of halogens is 3. The molecule has 0 aromatic heterocycles. The number of Topliss-reactive ketones (excluding diaryl/α,β-unsaturated/α-hetero) is 1. The Morgan fingerprint density at radius 3 is 2.69 bits per heavy atom. The lowest BCUT2D eigenvalue weighted by atomic mass is 10.1. The Morgan fingerprint density at radius 1 is 1.46 bits per heavy atom. The number of rotatable bonds is 3. The fraction of sp³-hybridized carbons (Fsp3) is 0.222. The number of benzene rings is 1. The van der Waals surface area contributed by atoms with E-state index in [2.05, 4.69) is 31.9 Å². The lowest BCUT2D eigenvalue weighted by Crippen LogP contribution is -1.99. The Bertz CT molecular complexity index is 325. The van der Waals surface area contributed by atoms with Crippen LogP contribution < -0.4 is 0 Å². The molecule has 1 rings (SSSR count). The summed E-state index contributed by atoms with van der Waals surface area (Å²) in [5, 5.41) is 1.31. The Morgan fingerprint density at radius 2 is 2.15 bits per heavy atom. The lowest BCUT2D eigenvalue weighted by molar-refractivity contribution is 0.0990. The molecule has 1 aromatic rings. The first kappa shape index (κ1) is 11.2. The van der Waals surface area contributed by atoms with Gasteiger partial charge in [-0.15, -0.1) is 0 Å². The minimum Gasteiger partial charge on any atom is -0.294 e. The highest BCUT2D eigenvalue weighted by molar-refractivity contribution is 9.10. The molecule has 0 aliphatic carbocycles. The number of hydrogen-bond acceptors (Lipinski definition) is 1. The van der Waals surface area contributed by atoms with Crippen molar-refractivity contribution in [1.29, 1.82) is 0 Å². The highest BCUT2D eigenvalue weighted by Crippen LogP contribution is 2.23. The number of carbonyl (C=O) groups is 1. The fourth-order valence-electron chi connectivity index (χ4n) is 0.900. The van der Waals surface area contributed by atoms with Crippen LogP contribution in [-0.4, -0.2) is 11.1 Å². The second-order valence-electron chi connectivity index (χ2n) is 2.49. The molecule has 4 heteroatoms. The van der Waals surface area contributed by atoms with E-state index in [1.165, 1.54) is 0 Å². The summed E-state index contributed by atoms with van der Waals surface area (Å²) in [5.74, 6) is 0.120. The summed E-state index contributed by atoms with van der Waals surface area (Å²) in [6.45, 7) is 0. The maximum Gasteiger partial charge on any atom is 0.163 e. The molecule has 0 spiro atoms. The average Bonchev–Trinajstić information content (AvgIpc) is 2.10. The van der Waals surface area contributed by atoms with Crippen molar-refractivity contribution in [3.05, 3.63) is 33.3 Å². The van der Waals surface area contributed by atoms with Crippen LogP contribution in [-0.2, 0) is 0 Å². The van der Waals surface area contributed by atoms with Crippen molar-refractivity contribution < 1.29 is 4.79 Å². The van der Waals surface area contributed by atoms with E-state index in [4.69, 9.17) is 11.6 Å². The van der Waals surface area contributed by atoms with Gasteiger partial charge in [0.15, 0.2) is 5.78 Å².